The first-order valence-electron chi connectivity index (χ1n) is 6.69. The molecule has 0 amide bonds. The number of hydrogen-bond acceptors (Lipinski definition) is 2. The summed E-state index contributed by atoms with van der Waals surface area (Å²) >= 11 is 0. The van der Waals surface area contributed by atoms with Crippen molar-refractivity contribution in [3.8, 4) is 0 Å². The summed E-state index contributed by atoms with van der Waals surface area (Å²) in [5.74, 6) is 0. The van der Waals surface area contributed by atoms with Crippen LogP contribution in [0, 0.1) is 0 Å². The van der Waals surface area contributed by atoms with Crippen LogP contribution >= 0.6 is 0 Å². The Labute approximate surface area is 104 Å². The summed E-state index contributed by atoms with van der Waals surface area (Å²) in [6.45, 7) is 4.71. The monoisotopic (exact) mass is 230 g/mol. The van der Waals surface area contributed by atoms with Crippen LogP contribution in [-0.2, 0) is 18.4 Å². The maximum atomic E-state index is 6.05. The summed E-state index contributed by atoms with van der Waals surface area (Å²) in [4.78, 5) is 2.43. The van der Waals surface area contributed by atoms with E-state index >= 15 is 0 Å². The van der Waals surface area contributed by atoms with Gasteiger partial charge in [-0.25, -0.2) is 0 Å². The quantitative estimate of drug-likeness (QED) is 0.694. The highest BCUT2D eigenvalue weighted by molar-refractivity contribution is 5.53. The number of hydrogen-bond donors (Lipinski definition) is 1. The second-order valence-corrected chi connectivity index (χ2v) is 6.12. The second kappa shape index (κ2) is 3.74. The van der Waals surface area contributed by atoms with Gasteiger partial charge < -0.3 is 10.6 Å². The van der Waals surface area contributed by atoms with E-state index in [0.717, 1.165) is 12.2 Å². The van der Waals surface area contributed by atoms with Crippen molar-refractivity contribution in [1.82, 2.24) is 4.90 Å². The number of nitrogens with zero attached hydrogens (tertiary/aromatic N) is 1. The Bertz CT molecular complexity index is 452. The molecule has 0 aromatic heterocycles. The van der Waals surface area contributed by atoms with Gasteiger partial charge in [0.2, 0.25) is 0 Å². The van der Waals surface area contributed by atoms with E-state index in [1.807, 2.05) is 0 Å². The molecule has 17 heavy (non-hydrogen) atoms. The molecule has 2 aliphatic rings. The van der Waals surface area contributed by atoms with Gasteiger partial charge in [-0.1, -0.05) is 6.92 Å². The van der Waals surface area contributed by atoms with Crippen LogP contribution in [0.5, 0.6) is 0 Å². The molecule has 0 saturated heterocycles. The van der Waals surface area contributed by atoms with E-state index in [1.165, 1.54) is 43.4 Å². The van der Waals surface area contributed by atoms with Crippen molar-refractivity contribution < 1.29 is 0 Å². The van der Waals surface area contributed by atoms with Crippen molar-refractivity contribution in [3.63, 3.8) is 0 Å². The van der Waals surface area contributed by atoms with E-state index in [-0.39, 0.29) is 0 Å². The maximum Gasteiger partial charge on any atom is 0.0320 e. The number of nitrogens with two attached hydrogens (primary N) is 1. The second-order valence-electron chi connectivity index (χ2n) is 6.12. The number of aryl methyl sites for hydroxylation is 1. The third-order valence-electron chi connectivity index (χ3n) is 4.59. The molecule has 1 heterocycles. The van der Waals surface area contributed by atoms with Gasteiger partial charge in [0.05, 0.1) is 0 Å². The van der Waals surface area contributed by atoms with Gasteiger partial charge >= 0.3 is 0 Å². The molecule has 2 N–H and O–H groups in total. The van der Waals surface area contributed by atoms with Crippen molar-refractivity contribution in [1.29, 1.82) is 0 Å². The van der Waals surface area contributed by atoms with Gasteiger partial charge in [-0.15, -0.1) is 0 Å². The average molecular weight is 230 g/mol. The summed E-state index contributed by atoms with van der Waals surface area (Å²) in [5.41, 5.74) is 12.0. The van der Waals surface area contributed by atoms with Crippen LogP contribution in [0.1, 0.15) is 42.9 Å². The van der Waals surface area contributed by atoms with Crippen LogP contribution in [0.4, 0.5) is 5.69 Å². The first kappa shape index (κ1) is 11.1. The van der Waals surface area contributed by atoms with Gasteiger partial charge in [-0.2, -0.15) is 0 Å². The fourth-order valence-electron chi connectivity index (χ4n) is 3.74. The molecule has 1 aliphatic carbocycles. The van der Waals surface area contributed by atoms with E-state index in [1.54, 1.807) is 5.56 Å². The van der Waals surface area contributed by atoms with Crippen molar-refractivity contribution in [2.75, 3.05) is 19.3 Å². The Kier molecular flexibility index (Phi) is 2.44. The molecule has 1 aromatic rings. The highest BCUT2D eigenvalue weighted by Crippen LogP contribution is 2.44. The first-order valence-corrected chi connectivity index (χ1v) is 6.69. The fraction of sp³-hybridized carbons (Fsp3) is 0.600. The lowest BCUT2D eigenvalue weighted by atomic mass is 9.68. The van der Waals surface area contributed by atoms with Crippen molar-refractivity contribution in [2.45, 2.75) is 44.6 Å². The van der Waals surface area contributed by atoms with Crippen LogP contribution < -0.4 is 5.73 Å². The fourth-order valence-corrected chi connectivity index (χ4v) is 3.74. The van der Waals surface area contributed by atoms with Crippen LogP contribution in [-0.4, -0.2) is 18.5 Å². The lowest BCUT2D eigenvalue weighted by Crippen LogP contribution is -2.29. The third-order valence-corrected chi connectivity index (χ3v) is 4.59. The molecule has 1 unspecified atom stereocenters. The van der Waals surface area contributed by atoms with Gasteiger partial charge in [-0.3, -0.25) is 0 Å². The molecule has 2 heteroatoms. The minimum Gasteiger partial charge on any atom is -0.399 e. The van der Waals surface area contributed by atoms with Gasteiger partial charge in [0.15, 0.2) is 0 Å². The summed E-state index contributed by atoms with van der Waals surface area (Å²) in [6.07, 6.45) is 5.15. The number of anilines is 1. The van der Waals surface area contributed by atoms with Gasteiger partial charge in [0, 0.05) is 12.2 Å². The molecule has 0 fully saturated rings. The predicted molar refractivity (Wildman–Crippen MR) is 72.1 cm³/mol. The summed E-state index contributed by atoms with van der Waals surface area (Å²) in [5, 5.41) is 0. The Balaban J connectivity index is 2.21. The van der Waals surface area contributed by atoms with Crippen LogP contribution in [0.25, 0.3) is 0 Å². The van der Waals surface area contributed by atoms with Crippen molar-refractivity contribution >= 4 is 5.69 Å². The molecular formula is C15H22N2. The summed E-state index contributed by atoms with van der Waals surface area (Å²) < 4.78 is 0. The van der Waals surface area contributed by atoms with Crippen molar-refractivity contribution in [3.05, 3.63) is 28.8 Å². The van der Waals surface area contributed by atoms with Gasteiger partial charge in [0.25, 0.3) is 0 Å². The molecule has 0 saturated carbocycles. The van der Waals surface area contributed by atoms with Gasteiger partial charge in [-0.05, 0) is 73.5 Å². The molecule has 3 rings (SSSR count). The molecule has 0 spiro atoms. The number of nitrogen functional groups attached to an aromatic ring is 1. The Morgan fingerprint density at radius 2 is 2.00 bits per heavy atom. The molecular weight excluding hydrogens is 208 g/mol. The zero-order valence-electron chi connectivity index (χ0n) is 10.9. The molecule has 1 aromatic carbocycles. The Morgan fingerprint density at radius 3 is 2.82 bits per heavy atom. The van der Waals surface area contributed by atoms with E-state index in [2.05, 4.69) is 31.0 Å². The Hall–Kier alpha value is -1.02. The highest BCUT2D eigenvalue weighted by Gasteiger charge is 2.36. The van der Waals surface area contributed by atoms with Crippen LogP contribution in [0.3, 0.4) is 0 Å². The van der Waals surface area contributed by atoms with E-state index < -0.39 is 0 Å². The summed E-state index contributed by atoms with van der Waals surface area (Å²) in [6, 6.07) is 4.41. The van der Waals surface area contributed by atoms with Crippen LogP contribution in [0.15, 0.2) is 12.1 Å². The molecule has 0 bridgehead atoms. The number of benzene rings is 1. The van der Waals surface area contributed by atoms with Gasteiger partial charge in [0.1, 0.15) is 0 Å². The lowest BCUT2D eigenvalue weighted by molar-refractivity contribution is 0.287. The minimum absolute atomic E-state index is 0.390. The lowest BCUT2D eigenvalue weighted by Gasteiger charge is -2.36. The average Bonchev–Trinajstić information content (AvgIpc) is 2.37. The van der Waals surface area contributed by atoms with Crippen LogP contribution in [0.2, 0.25) is 0 Å². The molecule has 1 atom stereocenters. The number of rotatable bonds is 0. The Morgan fingerprint density at radius 1 is 1.24 bits per heavy atom. The smallest absolute Gasteiger partial charge is 0.0320 e. The zero-order chi connectivity index (χ0) is 12.0. The van der Waals surface area contributed by atoms with Crippen molar-refractivity contribution in [2.24, 2.45) is 0 Å². The van der Waals surface area contributed by atoms with E-state index in [0.29, 0.717) is 5.41 Å². The maximum absolute atomic E-state index is 6.05. The van der Waals surface area contributed by atoms with E-state index in [9.17, 15) is 0 Å². The summed E-state index contributed by atoms with van der Waals surface area (Å²) in [7, 11) is 2.22. The molecule has 0 radical (unpaired) electrons. The zero-order valence-corrected chi connectivity index (χ0v) is 10.9. The third kappa shape index (κ3) is 1.75. The molecule has 92 valence electrons. The SMILES string of the molecule is CN1CCC2(C)CCCc3cc(N)cc(c32)C1. The standard InChI is InChI=1S/C15H22N2/c1-15-5-3-4-11-8-13(16)9-12(14(11)15)10-17(2)7-6-15/h8-9H,3-7,10,16H2,1-2H3. The van der Waals surface area contributed by atoms with E-state index in [4.69, 9.17) is 5.73 Å². The largest absolute Gasteiger partial charge is 0.399 e. The molecule has 2 nitrogen and oxygen atoms in total. The minimum atomic E-state index is 0.390. The predicted octanol–water partition coefficient (Wildman–Crippen LogP) is 2.70. The topological polar surface area (TPSA) is 29.3 Å². The normalized spacial score (nSPS) is 28.6. The highest BCUT2D eigenvalue weighted by atomic mass is 15.1. The first-order chi connectivity index (χ1) is 8.08. The molecule has 1 aliphatic heterocycles.